The van der Waals surface area contributed by atoms with Crippen LogP contribution < -0.4 is 10.5 Å². The molecule has 0 radical (unpaired) electrons. The molecule has 0 aliphatic carbocycles. The number of ether oxygens (including phenoxy) is 1. The molecule has 0 fully saturated rings. The van der Waals surface area contributed by atoms with Crippen LogP contribution in [0.15, 0.2) is 58.4 Å². The van der Waals surface area contributed by atoms with E-state index in [0.717, 1.165) is 27.0 Å². The van der Waals surface area contributed by atoms with Crippen LogP contribution in [-0.4, -0.2) is 4.98 Å². The van der Waals surface area contributed by atoms with Crippen LogP contribution in [0.5, 0.6) is 5.75 Å². The number of anilines is 1. The van der Waals surface area contributed by atoms with Crippen molar-refractivity contribution in [2.45, 2.75) is 6.61 Å². The van der Waals surface area contributed by atoms with E-state index < -0.39 is 0 Å². The summed E-state index contributed by atoms with van der Waals surface area (Å²) in [6.07, 6.45) is 0. The fraction of sp³-hybridized carbons (Fsp3) is 0.0625. The number of hydrogen-bond acceptors (Lipinski definition) is 4. The quantitative estimate of drug-likeness (QED) is 0.731. The minimum absolute atomic E-state index is 0.523. The summed E-state index contributed by atoms with van der Waals surface area (Å²) in [7, 11) is 0. The SMILES string of the molecule is Nc1nc(-c2cc(Br)ccc2OCc2ccccc2)cs1. The summed E-state index contributed by atoms with van der Waals surface area (Å²) in [5.74, 6) is 0.798. The number of nitrogens with zero attached hydrogens (tertiary/aromatic N) is 1. The molecule has 0 saturated carbocycles. The number of halogens is 1. The van der Waals surface area contributed by atoms with Crippen molar-refractivity contribution in [2.24, 2.45) is 0 Å². The van der Waals surface area contributed by atoms with Crippen molar-refractivity contribution in [1.29, 1.82) is 0 Å². The molecule has 0 spiro atoms. The van der Waals surface area contributed by atoms with Gasteiger partial charge in [0.15, 0.2) is 5.13 Å². The van der Waals surface area contributed by atoms with Crippen molar-refractivity contribution in [1.82, 2.24) is 4.98 Å². The van der Waals surface area contributed by atoms with Crippen molar-refractivity contribution >= 4 is 32.4 Å². The molecule has 3 rings (SSSR count). The fourth-order valence-electron chi connectivity index (χ4n) is 1.97. The van der Waals surface area contributed by atoms with Crippen LogP contribution in [0.3, 0.4) is 0 Å². The van der Waals surface area contributed by atoms with Gasteiger partial charge in [-0.2, -0.15) is 0 Å². The molecule has 1 aromatic heterocycles. The lowest BCUT2D eigenvalue weighted by molar-refractivity contribution is 0.307. The Morgan fingerprint density at radius 2 is 1.95 bits per heavy atom. The number of aromatic nitrogens is 1. The molecule has 0 amide bonds. The third-order valence-corrected chi connectivity index (χ3v) is 4.14. The highest BCUT2D eigenvalue weighted by atomic mass is 79.9. The normalized spacial score (nSPS) is 10.5. The van der Waals surface area contributed by atoms with Gasteiger partial charge in [0.25, 0.3) is 0 Å². The largest absolute Gasteiger partial charge is 0.488 e. The molecule has 0 aliphatic heterocycles. The molecule has 0 atom stereocenters. The van der Waals surface area contributed by atoms with Crippen molar-refractivity contribution in [3.05, 3.63) is 63.9 Å². The summed E-state index contributed by atoms with van der Waals surface area (Å²) in [5.41, 5.74) is 8.63. The van der Waals surface area contributed by atoms with Gasteiger partial charge in [0.1, 0.15) is 12.4 Å². The van der Waals surface area contributed by atoms with Crippen molar-refractivity contribution < 1.29 is 4.74 Å². The maximum absolute atomic E-state index is 5.94. The van der Waals surface area contributed by atoms with E-state index >= 15 is 0 Å². The third-order valence-electron chi connectivity index (χ3n) is 2.98. The lowest BCUT2D eigenvalue weighted by atomic mass is 10.1. The number of benzene rings is 2. The van der Waals surface area contributed by atoms with E-state index in [4.69, 9.17) is 10.5 Å². The van der Waals surface area contributed by atoms with Gasteiger partial charge in [0, 0.05) is 15.4 Å². The van der Waals surface area contributed by atoms with E-state index in [-0.39, 0.29) is 0 Å². The third kappa shape index (κ3) is 3.43. The van der Waals surface area contributed by atoms with Crippen LogP contribution in [0, 0.1) is 0 Å². The topological polar surface area (TPSA) is 48.1 Å². The number of hydrogen-bond donors (Lipinski definition) is 1. The molecule has 2 aromatic carbocycles. The molecule has 5 heteroatoms. The van der Waals surface area contributed by atoms with Crippen LogP contribution >= 0.6 is 27.3 Å². The average molecular weight is 361 g/mol. The summed E-state index contributed by atoms with van der Waals surface area (Å²) < 4.78 is 6.93. The van der Waals surface area contributed by atoms with Crippen molar-refractivity contribution in [3.63, 3.8) is 0 Å². The average Bonchev–Trinajstić information content (AvgIpc) is 2.93. The summed E-state index contributed by atoms with van der Waals surface area (Å²) in [5, 5.41) is 2.49. The summed E-state index contributed by atoms with van der Waals surface area (Å²) in [6.45, 7) is 0.523. The maximum Gasteiger partial charge on any atom is 0.180 e. The standard InChI is InChI=1S/C16H13BrN2OS/c17-12-6-7-15(20-9-11-4-2-1-3-5-11)13(8-12)14-10-21-16(18)19-14/h1-8,10H,9H2,(H2,18,19). The zero-order valence-corrected chi connectivity index (χ0v) is 13.5. The predicted octanol–water partition coefficient (Wildman–Crippen LogP) is 4.73. The van der Waals surface area contributed by atoms with Crippen LogP contribution in [0.2, 0.25) is 0 Å². The van der Waals surface area contributed by atoms with Gasteiger partial charge in [0.2, 0.25) is 0 Å². The molecule has 3 aromatic rings. The Morgan fingerprint density at radius 1 is 1.14 bits per heavy atom. The molecule has 0 aliphatic rings. The van der Waals surface area contributed by atoms with E-state index in [1.165, 1.54) is 11.3 Å². The van der Waals surface area contributed by atoms with Crippen LogP contribution in [0.25, 0.3) is 11.3 Å². The van der Waals surface area contributed by atoms with Crippen LogP contribution in [0.1, 0.15) is 5.56 Å². The highest BCUT2D eigenvalue weighted by Crippen LogP contribution is 2.34. The minimum atomic E-state index is 0.523. The first-order valence-corrected chi connectivity index (χ1v) is 8.07. The first-order valence-electron chi connectivity index (χ1n) is 6.40. The number of rotatable bonds is 4. The highest BCUT2D eigenvalue weighted by molar-refractivity contribution is 9.10. The van der Waals surface area contributed by atoms with E-state index in [9.17, 15) is 0 Å². The number of nitrogens with two attached hydrogens (primary N) is 1. The first-order chi connectivity index (χ1) is 10.2. The molecule has 3 nitrogen and oxygen atoms in total. The van der Waals surface area contributed by atoms with E-state index in [0.29, 0.717) is 11.7 Å². The van der Waals surface area contributed by atoms with Gasteiger partial charge in [-0.25, -0.2) is 4.98 Å². The minimum Gasteiger partial charge on any atom is -0.488 e. The van der Waals surface area contributed by atoms with Crippen LogP contribution in [-0.2, 0) is 6.61 Å². The molecular weight excluding hydrogens is 348 g/mol. The first kappa shape index (κ1) is 14.1. The smallest absolute Gasteiger partial charge is 0.180 e. The van der Waals surface area contributed by atoms with E-state index in [2.05, 4.69) is 20.9 Å². The van der Waals surface area contributed by atoms with Crippen molar-refractivity contribution in [2.75, 3.05) is 5.73 Å². The predicted molar refractivity (Wildman–Crippen MR) is 90.4 cm³/mol. The Balaban J connectivity index is 1.88. The fourth-order valence-corrected chi connectivity index (χ4v) is 2.90. The van der Waals surface area contributed by atoms with E-state index in [1.54, 1.807) is 0 Å². The Bertz CT molecular complexity index is 743. The highest BCUT2D eigenvalue weighted by Gasteiger charge is 2.10. The molecule has 1 heterocycles. The monoisotopic (exact) mass is 360 g/mol. The molecule has 0 saturated heterocycles. The second-order valence-corrected chi connectivity index (χ2v) is 6.29. The summed E-state index contributed by atoms with van der Waals surface area (Å²) in [4.78, 5) is 4.33. The summed E-state index contributed by atoms with van der Waals surface area (Å²) in [6, 6.07) is 16.0. The van der Waals surface area contributed by atoms with E-state index in [1.807, 2.05) is 53.9 Å². The Morgan fingerprint density at radius 3 is 2.67 bits per heavy atom. The molecule has 0 bridgehead atoms. The molecular formula is C16H13BrN2OS. The lowest BCUT2D eigenvalue weighted by Crippen LogP contribution is -1.97. The molecule has 0 unspecified atom stereocenters. The van der Waals surface area contributed by atoms with Gasteiger partial charge in [-0.3, -0.25) is 0 Å². The Hall–Kier alpha value is -1.85. The molecule has 106 valence electrons. The Labute approximate surface area is 135 Å². The van der Waals surface area contributed by atoms with Gasteiger partial charge < -0.3 is 10.5 Å². The zero-order valence-electron chi connectivity index (χ0n) is 11.1. The second-order valence-electron chi connectivity index (χ2n) is 4.49. The van der Waals surface area contributed by atoms with Crippen molar-refractivity contribution in [3.8, 4) is 17.0 Å². The molecule has 2 N–H and O–H groups in total. The molecule has 21 heavy (non-hydrogen) atoms. The maximum atomic E-state index is 5.94. The number of nitrogen functional groups attached to an aromatic ring is 1. The second kappa shape index (κ2) is 6.28. The van der Waals surface area contributed by atoms with Gasteiger partial charge in [0.05, 0.1) is 5.69 Å². The van der Waals surface area contributed by atoms with Crippen LogP contribution in [0.4, 0.5) is 5.13 Å². The van der Waals surface area contributed by atoms with Gasteiger partial charge in [-0.1, -0.05) is 46.3 Å². The lowest BCUT2D eigenvalue weighted by Gasteiger charge is -2.11. The summed E-state index contributed by atoms with van der Waals surface area (Å²) >= 11 is 4.91. The van der Waals surface area contributed by atoms with Gasteiger partial charge >= 0.3 is 0 Å². The van der Waals surface area contributed by atoms with Gasteiger partial charge in [-0.15, -0.1) is 11.3 Å². The Kier molecular flexibility index (Phi) is 4.22. The zero-order chi connectivity index (χ0) is 14.7. The van der Waals surface area contributed by atoms with Gasteiger partial charge in [-0.05, 0) is 23.8 Å². The number of thiazole rings is 1.